The molecular formula is C12H16N2S. The van der Waals surface area contributed by atoms with Crippen LogP contribution in [-0.2, 0) is 5.66 Å². The average Bonchev–Trinajstić information content (AvgIpc) is 2.36. The van der Waals surface area contributed by atoms with E-state index in [1.807, 2.05) is 0 Å². The number of fused-ring (bicyclic) bond motifs is 1. The normalized spacial score (nSPS) is 17.5. The molecule has 3 heteroatoms. The summed E-state index contributed by atoms with van der Waals surface area (Å²) in [7, 11) is 0. The molecule has 0 aliphatic heterocycles. The van der Waals surface area contributed by atoms with Crippen molar-refractivity contribution in [2.24, 2.45) is 11.5 Å². The van der Waals surface area contributed by atoms with Gasteiger partial charge in [0.05, 0.1) is 0 Å². The Morgan fingerprint density at radius 2 is 1.93 bits per heavy atom. The third-order valence-corrected chi connectivity index (χ3v) is 3.30. The van der Waals surface area contributed by atoms with E-state index in [-0.39, 0.29) is 0 Å². The maximum absolute atomic E-state index is 6.16. The first-order chi connectivity index (χ1) is 6.96. The molecule has 0 unspecified atom stereocenters. The molecule has 0 saturated heterocycles. The van der Waals surface area contributed by atoms with Crippen LogP contribution in [0.5, 0.6) is 0 Å². The number of nitrogens with two attached hydrogens (primary N) is 2. The van der Waals surface area contributed by atoms with E-state index in [9.17, 15) is 0 Å². The predicted molar refractivity (Wildman–Crippen MR) is 67.8 cm³/mol. The highest BCUT2D eigenvalue weighted by Gasteiger charge is 2.34. The number of rotatable bonds is 1. The van der Waals surface area contributed by atoms with Crippen LogP contribution in [0.3, 0.4) is 0 Å². The van der Waals surface area contributed by atoms with Crippen LogP contribution >= 0.6 is 12.6 Å². The van der Waals surface area contributed by atoms with Gasteiger partial charge < -0.3 is 11.5 Å². The highest BCUT2D eigenvalue weighted by atomic mass is 32.1. The molecule has 0 aromatic heterocycles. The fraction of sp³-hybridized carbons (Fsp3) is 0.333. The lowest BCUT2D eigenvalue weighted by Crippen LogP contribution is -2.47. The first-order valence-corrected chi connectivity index (χ1v) is 5.61. The molecular weight excluding hydrogens is 204 g/mol. The molecule has 0 radical (unpaired) electrons. The van der Waals surface area contributed by atoms with Crippen LogP contribution in [0.4, 0.5) is 0 Å². The molecule has 0 atom stereocenters. The van der Waals surface area contributed by atoms with E-state index in [0.717, 1.165) is 22.3 Å². The summed E-state index contributed by atoms with van der Waals surface area (Å²) in [6.45, 7) is 4.13. The molecule has 0 fully saturated rings. The Labute approximate surface area is 95.8 Å². The van der Waals surface area contributed by atoms with Crippen molar-refractivity contribution in [1.82, 2.24) is 0 Å². The van der Waals surface area contributed by atoms with E-state index in [1.165, 1.54) is 5.56 Å². The summed E-state index contributed by atoms with van der Waals surface area (Å²) in [6, 6.07) is 4.23. The van der Waals surface area contributed by atoms with Gasteiger partial charge in [-0.15, -0.1) is 0 Å². The quantitative estimate of drug-likeness (QED) is 0.498. The predicted octanol–water partition coefficient (Wildman–Crippen LogP) is 1.70. The summed E-state index contributed by atoms with van der Waals surface area (Å²) in [6.07, 6.45) is 2.06. The molecule has 1 aromatic rings. The summed E-state index contributed by atoms with van der Waals surface area (Å²) >= 11 is 4.27. The average molecular weight is 220 g/mol. The van der Waals surface area contributed by atoms with Crippen LogP contribution in [0.15, 0.2) is 17.7 Å². The van der Waals surface area contributed by atoms with Gasteiger partial charge in [-0.2, -0.15) is 12.6 Å². The second-order valence-electron chi connectivity index (χ2n) is 4.24. The minimum absolute atomic E-state index is 0.597. The van der Waals surface area contributed by atoms with Gasteiger partial charge in [-0.25, -0.2) is 0 Å². The molecule has 1 aromatic carbocycles. The number of aryl methyl sites for hydroxylation is 2. The molecule has 1 aliphatic rings. The first-order valence-electron chi connectivity index (χ1n) is 4.98. The van der Waals surface area contributed by atoms with Gasteiger partial charge in [0.15, 0.2) is 0 Å². The van der Waals surface area contributed by atoms with Crippen molar-refractivity contribution in [2.45, 2.75) is 19.5 Å². The third kappa shape index (κ3) is 1.51. The molecule has 0 amide bonds. The van der Waals surface area contributed by atoms with Gasteiger partial charge in [0, 0.05) is 11.3 Å². The summed E-state index contributed by atoms with van der Waals surface area (Å²) in [4.78, 5) is 0. The largest absolute Gasteiger partial charge is 0.306 e. The van der Waals surface area contributed by atoms with Gasteiger partial charge in [-0.3, -0.25) is 0 Å². The lowest BCUT2D eigenvalue weighted by Gasteiger charge is -2.25. The Morgan fingerprint density at radius 3 is 2.53 bits per heavy atom. The molecule has 80 valence electrons. The van der Waals surface area contributed by atoms with Crippen LogP contribution < -0.4 is 11.5 Å². The van der Waals surface area contributed by atoms with Gasteiger partial charge in [-0.1, -0.05) is 23.8 Å². The highest BCUT2D eigenvalue weighted by molar-refractivity contribution is 7.80. The van der Waals surface area contributed by atoms with Crippen molar-refractivity contribution >= 4 is 18.7 Å². The van der Waals surface area contributed by atoms with Crippen LogP contribution in [-0.4, -0.2) is 5.75 Å². The third-order valence-electron chi connectivity index (χ3n) is 2.96. The summed E-state index contributed by atoms with van der Waals surface area (Å²) in [5.74, 6) is 0.597. The Bertz CT molecular complexity index is 447. The second-order valence-corrected chi connectivity index (χ2v) is 4.56. The number of thiol groups is 1. The summed E-state index contributed by atoms with van der Waals surface area (Å²) in [5, 5.41) is 0. The Hall–Kier alpha value is -0.770. The van der Waals surface area contributed by atoms with Crippen molar-refractivity contribution in [3.05, 3.63) is 40.0 Å². The van der Waals surface area contributed by atoms with Gasteiger partial charge in [0.25, 0.3) is 0 Å². The maximum Gasteiger partial charge on any atom is 0.114 e. The second kappa shape index (κ2) is 3.37. The maximum atomic E-state index is 6.16. The topological polar surface area (TPSA) is 52.0 Å². The van der Waals surface area contributed by atoms with Gasteiger partial charge in [0.1, 0.15) is 5.66 Å². The van der Waals surface area contributed by atoms with Gasteiger partial charge in [0.2, 0.25) is 0 Å². The van der Waals surface area contributed by atoms with Crippen molar-refractivity contribution in [3.8, 4) is 0 Å². The number of hydrogen-bond donors (Lipinski definition) is 3. The Kier molecular flexibility index (Phi) is 2.41. The van der Waals surface area contributed by atoms with E-state index in [1.54, 1.807) is 0 Å². The van der Waals surface area contributed by atoms with E-state index in [0.29, 0.717) is 5.75 Å². The number of benzene rings is 1. The Balaban J connectivity index is 2.67. The monoisotopic (exact) mass is 220 g/mol. The van der Waals surface area contributed by atoms with Gasteiger partial charge >= 0.3 is 0 Å². The lowest BCUT2D eigenvalue weighted by molar-refractivity contribution is 0.565. The van der Waals surface area contributed by atoms with Crippen LogP contribution in [0.2, 0.25) is 0 Å². The van der Waals surface area contributed by atoms with Crippen LogP contribution in [0, 0.1) is 13.8 Å². The van der Waals surface area contributed by atoms with E-state index in [4.69, 9.17) is 11.5 Å². The molecule has 0 saturated carbocycles. The molecule has 0 bridgehead atoms. The van der Waals surface area contributed by atoms with Crippen molar-refractivity contribution in [2.75, 3.05) is 5.75 Å². The standard InChI is InChI=1S/C12H16N2S/c1-7-3-8(2)11-9(4-7)5-10(6-15)12(11,13)14/h3-5,15H,6,13-14H2,1-2H3. The molecule has 2 rings (SSSR count). The van der Waals surface area contributed by atoms with E-state index in [2.05, 4.69) is 44.7 Å². The first kappa shape index (κ1) is 10.7. The molecule has 1 aliphatic carbocycles. The van der Waals surface area contributed by atoms with E-state index >= 15 is 0 Å². The smallest absolute Gasteiger partial charge is 0.114 e. The van der Waals surface area contributed by atoms with Crippen LogP contribution in [0.25, 0.3) is 6.08 Å². The van der Waals surface area contributed by atoms with Crippen molar-refractivity contribution in [1.29, 1.82) is 0 Å². The van der Waals surface area contributed by atoms with Gasteiger partial charge in [-0.05, 0) is 30.5 Å². The fourth-order valence-corrected chi connectivity index (χ4v) is 2.68. The van der Waals surface area contributed by atoms with Crippen LogP contribution in [0.1, 0.15) is 22.3 Å². The molecule has 2 nitrogen and oxygen atoms in total. The number of hydrogen-bond acceptors (Lipinski definition) is 3. The van der Waals surface area contributed by atoms with Crippen molar-refractivity contribution in [3.63, 3.8) is 0 Å². The molecule has 15 heavy (non-hydrogen) atoms. The zero-order chi connectivity index (χ0) is 11.2. The molecule has 0 heterocycles. The minimum atomic E-state index is -0.838. The zero-order valence-electron chi connectivity index (χ0n) is 9.04. The summed E-state index contributed by atoms with van der Waals surface area (Å²) in [5.41, 5.74) is 17.0. The molecule has 0 spiro atoms. The molecule has 4 N–H and O–H groups in total. The minimum Gasteiger partial charge on any atom is -0.306 e. The van der Waals surface area contributed by atoms with E-state index < -0.39 is 5.66 Å². The SMILES string of the molecule is Cc1cc(C)c2c(c1)C=C(CS)C2(N)N. The zero-order valence-corrected chi connectivity index (χ0v) is 9.94. The Morgan fingerprint density at radius 1 is 1.27 bits per heavy atom. The highest BCUT2D eigenvalue weighted by Crippen LogP contribution is 2.37. The fourth-order valence-electron chi connectivity index (χ4n) is 2.32. The summed E-state index contributed by atoms with van der Waals surface area (Å²) < 4.78 is 0. The lowest BCUT2D eigenvalue weighted by atomic mass is 9.93. The van der Waals surface area contributed by atoms with Crippen molar-refractivity contribution < 1.29 is 0 Å².